The van der Waals surface area contributed by atoms with Crippen molar-refractivity contribution in [1.82, 2.24) is 40.4 Å². The van der Waals surface area contributed by atoms with E-state index >= 15 is 0 Å². The molecule has 4 amide bonds. The van der Waals surface area contributed by atoms with Crippen LogP contribution < -0.4 is 19.0 Å². The Morgan fingerprint density at radius 1 is 0.615 bits per heavy atom. The average molecular weight is 903 g/mol. The number of amides is 4. The molecule has 4 heterocycles. The van der Waals surface area contributed by atoms with Crippen molar-refractivity contribution in [1.29, 1.82) is 0 Å². The molecular formula is C46H46N8O10S. The molecule has 18 nitrogen and oxygen atoms in total. The summed E-state index contributed by atoms with van der Waals surface area (Å²) in [5, 5.41) is 5.31. The molecule has 2 saturated heterocycles. The van der Waals surface area contributed by atoms with Gasteiger partial charge in [-0.2, -0.15) is 0 Å². The normalized spacial score (nSPS) is 16.9. The fraction of sp³-hybridized carbons (Fsp3) is 0.261. The standard InChI is InChI=1S/C46H46N8O10S/c1-61-45(57)51-39(29-13-5-3-6-14-29)43(55)53-23-11-21-37(53)41-47-27-35(49-41)31-17-9-19-33(25-31)63-65(59,60)64-34-20-10-18-32(26-34)36-28-48-42(50-36)38-22-12-24-54(38)44(56)40(52-46(58)62-2)30-15-7-4-8-16-30/h3-10,13-20,25-28,37-40H,11-12,21-24H2,1-2H3,(H,47,49)(H,48,50)(H,51,57)(H,52,58)/t37-,38-,39+,40+/m0/s1. The Bertz CT molecular complexity index is 2580. The molecule has 2 aliphatic heterocycles. The van der Waals surface area contributed by atoms with Crippen LogP contribution >= 0.6 is 0 Å². The Kier molecular flexibility index (Phi) is 13.1. The third-order valence-electron chi connectivity index (χ3n) is 11.2. The van der Waals surface area contributed by atoms with Gasteiger partial charge in [-0.1, -0.05) is 84.9 Å². The number of aromatic nitrogens is 4. The molecule has 0 radical (unpaired) electrons. The second-order valence-electron chi connectivity index (χ2n) is 15.3. The lowest BCUT2D eigenvalue weighted by Gasteiger charge is -2.28. The number of ether oxygens (including phenoxy) is 2. The third kappa shape index (κ3) is 10.1. The van der Waals surface area contributed by atoms with E-state index in [1.54, 1.807) is 95.0 Å². The predicted octanol–water partition coefficient (Wildman–Crippen LogP) is 6.69. The lowest BCUT2D eigenvalue weighted by Crippen LogP contribution is -2.42. The molecule has 0 aliphatic carbocycles. The first-order chi connectivity index (χ1) is 31.5. The van der Waals surface area contributed by atoms with Gasteiger partial charge in [-0.25, -0.2) is 19.6 Å². The Hall–Kier alpha value is -7.67. The summed E-state index contributed by atoms with van der Waals surface area (Å²) in [5.41, 5.74) is 3.46. The van der Waals surface area contributed by atoms with Crippen molar-refractivity contribution in [2.24, 2.45) is 0 Å². The van der Waals surface area contributed by atoms with Gasteiger partial charge in [0.1, 0.15) is 35.2 Å². The van der Waals surface area contributed by atoms with Gasteiger partial charge in [0, 0.05) is 24.2 Å². The van der Waals surface area contributed by atoms with E-state index in [1.807, 2.05) is 12.1 Å². The number of aromatic amines is 2. The van der Waals surface area contributed by atoms with Crippen LogP contribution in [0.1, 0.15) is 72.6 Å². The zero-order chi connectivity index (χ0) is 45.5. The second-order valence-corrected chi connectivity index (χ2v) is 16.5. The number of imidazole rings is 2. The van der Waals surface area contributed by atoms with E-state index in [0.717, 1.165) is 12.8 Å². The molecular weight excluding hydrogens is 857 g/mol. The third-order valence-corrected chi connectivity index (χ3v) is 12.0. The number of hydrogen-bond acceptors (Lipinski definition) is 12. The van der Waals surface area contributed by atoms with Crippen molar-refractivity contribution in [2.45, 2.75) is 49.9 Å². The van der Waals surface area contributed by atoms with E-state index < -0.39 is 46.8 Å². The Balaban J connectivity index is 0.927. The maximum Gasteiger partial charge on any atom is 0.500 e. The van der Waals surface area contributed by atoms with Crippen LogP contribution in [0.4, 0.5) is 9.59 Å². The topological polar surface area (TPSA) is 227 Å². The summed E-state index contributed by atoms with van der Waals surface area (Å²) < 4.78 is 46.9. The Morgan fingerprint density at radius 3 is 1.43 bits per heavy atom. The minimum absolute atomic E-state index is 0.0165. The average Bonchev–Trinajstić information content (AvgIpc) is 4.17. The number of carbonyl (C=O) groups is 4. The van der Waals surface area contributed by atoms with E-state index in [-0.39, 0.29) is 23.3 Å². The smallest absolute Gasteiger partial charge is 0.453 e. The van der Waals surface area contributed by atoms with Gasteiger partial charge in [0.05, 0.1) is 50.1 Å². The van der Waals surface area contributed by atoms with Crippen molar-refractivity contribution >= 4 is 34.4 Å². The molecule has 336 valence electrons. The maximum absolute atomic E-state index is 13.9. The highest BCUT2D eigenvalue weighted by Crippen LogP contribution is 2.36. The highest BCUT2D eigenvalue weighted by molar-refractivity contribution is 7.82. The molecule has 2 aromatic heterocycles. The summed E-state index contributed by atoms with van der Waals surface area (Å²) in [7, 11) is -2.16. The van der Waals surface area contributed by atoms with E-state index in [2.05, 4.69) is 30.6 Å². The summed E-state index contributed by atoms with van der Waals surface area (Å²) in [5.74, 6) is 0.407. The van der Waals surface area contributed by atoms with Crippen LogP contribution in [0, 0.1) is 0 Å². The molecule has 0 bridgehead atoms. The molecule has 2 aliphatic rings. The first kappa shape index (κ1) is 44.0. The van der Waals surface area contributed by atoms with Gasteiger partial charge in [-0.05, 0) is 61.1 Å². The summed E-state index contributed by atoms with van der Waals surface area (Å²) in [6, 6.07) is 27.8. The monoisotopic (exact) mass is 902 g/mol. The SMILES string of the molecule is COC(=O)N[C@@H](C(=O)N1CCC[C@H]1c1ncc(-c2cccc(OS(=O)(=O)Oc3cccc(-c4cnc([C@@H]5CCCN5C(=O)[C@H](NC(=O)OC)c5ccccc5)[nH]4)c3)c2)[nH]1)c1ccccc1. The van der Waals surface area contributed by atoms with Crippen molar-refractivity contribution in [3.8, 4) is 34.0 Å². The fourth-order valence-electron chi connectivity index (χ4n) is 8.17. The largest absolute Gasteiger partial charge is 0.500 e. The van der Waals surface area contributed by atoms with Crippen LogP contribution in [0.15, 0.2) is 122 Å². The number of carbonyl (C=O) groups excluding carboxylic acids is 4. The first-order valence-corrected chi connectivity index (χ1v) is 22.2. The lowest BCUT2D eigenvalue weighted by molar-refractivity contribution is -0.135. The van der Waals surface area contributed by atoms with Gasteiger partial charge in [0.15, 0.2) is 0 Å². The van der Waals surface area contributed by atoms with Gasteiger partial charge in [0.25, 0.3) is 11.8 Å². The maximum atomic E-state index is 13.9. The molecule has 8 rings (SSSR count). The summed E-state index contributed by atoms with van der Waals surface area (Å²) in [6.45, 7) is 0.907. The van der Waals surface area contributed by atoms with E-state index in [9.17, 15) is 27.6 Å². The molecule has 4 N–H and O–H groups in total. The van der Waals surface area contributed by atoms with Crippen molar-refractivity contribution in [3.63, 3.8) is 0 Å². The number of nitrogens with zero attached hydrogens (tertiary/aromatic N) is 4. The van der Waals surface area contributed by atoms with E-state index in [1.165, 1.54) is 38.5 Å². The Labute approximate surface area is 374 Å². The summed E-state index contributed by atoms with van der Waals surface area (Å²) in [4.78, 5) is 71.4. The van der Waals surface area contributed by atoms with Crippen LogP contribution in [-0.2, 0) is 29.5 Å². The molecule has 4 aromatic carbocycles. The number of likely N-dealkylation sites (tertiary alicyclic amines) is 2. The lowest BCUT2D eigenvalue weighted by atomic mass is 10.1. The minimum Gasteiger partial charge on any atom is -0.453 e. The molecule has 2 fully saturated rings. The number of benzene rings is 4. The van der Waals surface area contributed by atoms with Crippen LogP contribution in [0.3, 0.4) is 0 Å². The number of methoxy groups -OCH3 is 2. The number of rotatable bonds is 14. The van der Waals surface area contributed by atoms with Crippen molar-refractivity contribution in [2.75, 3.05) is 27.3 Å². The van der Waals surface area contributed by atoms with Crippen molar-refractivity contribution in [3.05, 3.63) is 144 Å². The number of nitrogens with one attached hydrogen (secondary N) is 4. The van der Waals surface area contributed by atoms with Crippen LogP contribution in [-0.4, -0.2) is 89.5 Å². The second kappa shape index (κ2) is 19.4. The van der Waals surface area contributed by atoms with Crippen LogP contribution in [0.25, 0.3) is 22.5 Å². The minimum atomic E-state index is -4.64. The quantitative estimate of drug-likeness (QED) is 0.0897. The molecule has 0 saturated carbocycles. The van der Waals surface area contributed by atoms with Gasteiger partial charge in [0.2, 0.25) is 0 Å². The molecule has 0 spiro atoms. The van der Waals surface area contributed by atoms with Crippen LogP contribution in [0.2, 0.25) is 0 Å². The van der Waals surface area contributed by atoms with Gasteiger partial charge >= 0.3 is 22.6 Å². The number of H-pyrrole nitrogens is 2. The molecule has 65 heavy (non-hydrogen) atoms. The summed E-state index contributed by atoms with van der Waals surface area (Å²) in [6.07, 6.45) is 4.43. The highest BCUT2D eigenvalue weighted by atomic mass is 32.3. The molecule has 0 unspecified atom stereocenters. The van der Waals surface area contributed by atoms with Gasteiger partial charge in [-0.3, -0.25) is 9.59 Å². The number of alkyl carbamates (subject to hydrolysis) is 2. The fourth-order valence-corrected chi connectivity index (χ4v) is 8.88. The molecule has 4 atom stereocenters. The zero-order valence-corrected chi connectivity index (χ0v) is 36.2. The molecule has 6 aromatic rings. The Morgan fingerprint density at radius 2 is 1.03 bits per heavy atom. The van der Waals surface area contributed by atoms with Crippen LogP contribution in [0.5, 0.6) is 11.5 Å². The number of hydrogen-bond donors (Lipinski definition) is 4. The van der Waals surface area contributed by atoms with Gasteiger partial charge < -0.3 is 48.2 Å². The van der Waals surface area contributed by atoms with Crippen molar-refractivity contribution < 1.29 is 45.4 Å². The predicted molar refractivity (Wildman–Crippen MR) is 235 cm³/mol. The van der Waals surface area contributed by atoms with Gasteiger partial charge in [-0.15, -0.1) is 8.42 Å². The van der Waals surface area contributed by atoms with E-state index in [4.69, 9.17) is 17.8 Å². The summed E-state index contributed by atoms with van der Waals surface area (Å²) >= 11 is 0. The molecule has 19 heteroatoms. The van der Waals surface area contributed by atoms with E-state index in [0.29, 0.717) is 71.2 Å². The first-order valence-electron chi connectivity index (χ1n) is 20.8. The highest BCUT2D eigenvalue weighted by Gasteiger charge is 2.38. The zero-order valence-electron chi connectivity index (χ0n) is 35.4.